The van der Waals surface area contributed by atoms with Crippen molar-refractivity contribution in [3.8, 4) is 11.4 Å². The summed E-state index contributed by atoms with van der Waals surface area (Å²) in [5.41, 5.74) is -0.104. The quantitative estimate of drug-likeness (QED) is 0.391. The van der Waals surface area contributed by atoms with E-state index in [1.54, 1.807) is 18.2 Å². The van der Waals surface area contributed by atoms with Crippen LogP contribution in [0.2, 0.25) is 5.02 Å². The van der Waals surface area contributed by atoms with Gasteiger partial charge in [-0.3, -0.25) is 19.5 Å². The fourth-order valence-electron chi connectivity index (χ4n) is 2.54. The first-order valence-electron chi connectivity index (χ1n) is 7.07. The number of non-ortho nitro benzene ring substituents is 1. The standard InChI is InChI=1S/C16H11Cl2N3O4/c1-25-13-6-5-9(21(23)24)7-12(13)20-14(8-17)19-11-4-2-3-10(18)15(11)16(20)22/h2-7H,8H2,1H3. The van der Waals surface area contributed by atoms with Gasteiger partial charge in [0.25, 0.3) is 11.2 Å². The van der Waals surface area contributed by atoms with Crippen LogP contribution < -0.4 is 10.3 Å². The Bertz CT molecular complexity index is 1050. The number of fused-ring (bicyclic) bond motifs is 1. The summed E-state index contributed by atoms with van der Waals surface area (Å²) in [4.78, 5) is 27.9. The second-order valence-electron chi connectivity index (χ2n) is 5.05. The lowest BCUT2D eigenvalue weighted by molar-refractivity contribution is -0.384. The highest BCUT2D eigenvalue weighted by Gasteiger charge is 2.19. The highest BCUT2D eigenvalue weighted by molar-refractivity contribution is 6.35. The first kappa shape index (κ1) is 17.2. The van der Waals surface area contributed by atoms with E-state index in [1.165, 1.54) is 29.9 Å². The second-order valence-corrected chi connectivity index (χ2v) is 5.72. The van der Waals surface area contributed by atoms with Gasteiger partial charge in [-0.25, -0.2) is 4.98 Å². The topological polar surface area (TPSA) is 87.3 Å². The highest BCUT2D eigenvalue weighted by Crippen LogP contribution is 2.29. The average Bonchev–Trinajstić information content (AvgIpc) is 2.60. The Balaban J connectivity index is 2.45. The molecular weight excluding hydrogens is 369 g/mol. The first-order valence-corrected chi connectivity index (χ1v) is 7.98. The summed E-state index contributed by atoms with van der Waals surface area (Å²) in [6.45, 7) is 0. The van der Waals surface area contributed by atoms with Gasteiger partial charge in [0.05, 0.1) is 39.5 Å². The predicted molar refractivity (Wildman–Crippen MR) is 95.1 cm³/mol. The fraction of sp³-hybridized carbons (Fsp3) is 0.125. The molecule has 0 amide bonds. The smallest absolute Gasteiger partial charge is 0.271 e. The van der Waals surface area contributed by atoms with Gasteiger partial charge in [-0.1, -0.05) is 17.7 Å². The number of halogens is 2. The third-order valence-electron chi connectivity index (χ3n) is 3.65. The molecule has 0 saturated heterocycles. The highest BCUT2D eigenvalue weighted by atomic mass is 35.5. The maximum absolute atomic E-state index is 13.0. The maximum atomic E-state index is 13.0. The van der Waals surface area contributed by atoms with Crippen molar-refractivity contribution in [2.24, 2.45) is 0 Å². The molecule has 0 bridgehead atoms. The van der Waals surface area contributed by atoms with Gasteiger partial charge in [0.2, 0.25) is 0 Å². The number of nitro groups is 1. The van der Waals surface area contributed by atoms with Crippen LogP contribution in [-0.2, 0) is 5.88 Å². The van der Waals surface area contributed by atoms with Crippen LogP contribution in [0.1, 0.15) is 5.82 Å². The summed E-state index contributed by atoms with van der Waals surface area (Å²) in [5, 5.41) is 11.5. The molecule has 0 aliphatic carbocycles. The fourth-order valence-corrected chi connectivity index (χ4v) is 2.97. The minimum Gasteiger partial charge on any atom is -0.495 e. The van der Waals surface area contributed by atoms with Crippen molar-refractivity contribution in [2.45, 2.75) is 5.88 Å². The minimum atomic E-state index is -0.560. The monoisotopic (exact) mass is 379 g/mol. The van der Waals surface area contributed by atoms with Crippen LogP contribution in [0.5, 0.6) is 5.75 Å². The van der Waals surface area contributed by atoms with E-state index >= 15 is 0 Å². The molecule has 0 radical (unpaired) electrons. The molecule has 7 nitrogen and oxygen atoms in total. The van der Waals surface area contributed by atoms with Crippen LogP contribution in [0, 0.1) is 10.1 Å². The van der Waals surface area contributed by atoms with Crippen molar-refractivity contribution < 1.29 is 9.66 Å². The Morgan fingerprint density at radius 2 is 2.08 bits per heavy atom. The van der Waals surface area contributed by atoms with E-state index in [0.29, 0.717) is 5.52 Å². The van der Waals surface area contributed by atoms with Gasteiger partial charge in [-0.05, 0) is 18.2 Å². The molecule has 25 heavy (non-hydrogen) atoms. The summed E-state index contributed by atoms with van der Waals surface area (Å²) in [5.74, 6) is 0.413. The number of hydrogen-bond acceptors (Lipinski definition) is 5. The molecule has 1 heterocycles. The van der Waals surface area contributed by atoms with Crippen molar-refractivity contribution in [3.63, 3.8) is 0 Å². The van der Waals surface area contributed by atoms with E-state index in [0.717, 1.165) is 0 Å². The summed E-state index contributed by atoms with van der Waals surface area (Å²) < 4.78 is 6.43. The largest absolute Gasteiger partial charge is 0.495 e. The van der Waals surface area contributed by atoms with Gasteiger partial charge >= 0.3 is 0 Å². The molecule has 2 aromatic carbocycles. The van der Waals surface area contributed by atoms with Gasteiger partial charge in [-0.2, -0.15) is 0 Å². The molecule has 0 aliphatic rings. The first-order chi connectivity index (χ1) is 12.0. The molecule has 0 atom stereocenters. The predicted octanol–water partition coefficient (Wildman–Crippen LogP) is 3.69. The van der Waals surface area contributed by atoms with Gasteiger partial charge in [0, 0.05) is 12.1 Å². The normalized spacial score (nSPS) is 10.8. The Morgan fingerprint density at radius 1 is 1.32 bits per heavy atom. The van der Waals surface area contributed by atoms with E-state index < -0.39 is 10.5 Å². The minimum absolute atomic E-state index is 0.0798. The van der Waals surface area contributed by atoms with Crippen LogP contribution in [0.15, 0.2) is 41.2 Å². The van der Waals surface area contributed by atoms with Crippen LogP contribution in [0.4, 0.5) is 5.69 Å². The van der Waals surface area contributed by atoms with E-state index in [4.69, 9.17) is 27.9 Å². The van der Waals surface area contributed by atoms with Crippen molar-refractivity contribution in [1.29, 1.82) is 0 Å². The number of aromatic nitrogens is 2. The van der Waals surface area contributed by atoms with Gasteiger partial charge in [0.1, 0.15) is 11.6 Å². The third-order valence-corrected chi connectivity index (χ3v) is 4.20. The lowest BCUT2D eigenvalue weighted by Crippen LogP contribution is -2.24. The lowest BCUT2D eigenvalue weighted by Gasteiger charge is -2.15. The summed E-state index contributed by atoms with van der Waals surface area (Å²) in [6.07, 6.45) is 0. The molecule has 1 aromatic heterocycles. The molecule has 0 N–H and O–H groups in total. The van der Waals surface area contributed by atoms with E-state index in [9.17, 15) is 14.9 Å². The number of ether oxygens (including phenoxy) is 1. The number of alkyl halides is 1. The molecule has 3 rings (SSSR count). The van der Waals surface area contributed by atoms with Crippen LogP contribution >= 0.6 is 23.2 Å². The number of rotatable bonds is 4. The van der Waals surface area contributed by atoms with Gasteiger partial charge < -0.3 is 4.74 Å². The Labute approximate surface area is 151 Å². The number of hydrogen-bond donors (Lipinski definition) is 0. The Hall–Kier alpha value is -2.64. The summed E-state index contributed by atoms with van der Waals surface area (Å²) >= 11 is 12.1. The van der Waals surface area contributed by atoms with Crippen molar-refractivity contribution >= 4 is 39.8 Å². The van der Waals surface area contributed by atoms with Crippen LogP contribution in [0.25, 0.3) is 16.6 Å². The van der Waals surface area contributed by atoms with E-state index in [1.807, 2.05) is 0 Å². The second kappa shape index (κ2) is 6.70. The Kier molecular flexibility index (Phi) is 4.61. The number of methoxy groups -OCH3 is 1. The average molecular weight is 380 g/mol. The zero-order valence-electron chi connectivity index (χ0n) is 12.9. The van der Waals surface area contributed by atoms with Crippen molar-refractivity contribution in [1.82, 2.24) is 9.55 Å². The van der Waals surface area contributed by atoms with Gasteiger partial charge in [-0.15, -0.1) is 11.6 Å². The van der Waals surface area contributed by atoms with E-state index in [-0.39, 0.29) is 39.2 Å². The molecular formula is C16H11Cl2N3O4. The zero-order chi connectivity index (χ0) is 18.1. The summed E-state index contributed by atoms with van der Waals surface area (Å²) in [6, 6.07) is 8.83. The molecule has 0 unspecified atom stereocenters. The SMILES string of the molecule is COc1ccc([N+](=O)[O-])cc1-n1c(CCl)nc2cccc(Cl)c2c1=O. The number of nitro benzene ring substituents is 1. The molecule has 0 fully saturated rings. The molecule has 9 heteroatoms. The van der Waals surface area contributed by atoms with Crippen molar-refractivity contribution in [2.75, 3.05) is 7.11 Å². The molecule has 3 aromatic rings. The van der Waals surface area contributed by atoms with Gasteiger partial charge in [0.15, 0.2) is 0 Å². The molecule has 0 aliphatic heterocycles. The number of nitrogens with zero attached hydrogens (tertiary/aromatic N) is 3. The van der Waals surface area contributed by atoms with E-state index in [2.05, 4.69) is 4.98 Å². The summed E-state index contributed by atoms with van der Waals surface area (Å²) in [7, 11) is 1.40. The van der Waals surface area contributed by atoms with Crippen LogP contribution in [-0.4, -0.2) is 21.6 Å². The zero-order valence-corrected chi connectivity index (χ0v) is 14.4. The number of benzene rings is 2. The molecule has 0 spiro atoms. The van der Waals surface area contributed by atoms with Crippen molar-refractivity contribution in [3.05, 3.63) is 67.7 Å². The lowest BCUT2D eigenvalue weighted by atomic mass is 10.2. The Morgan fingerprint density at radius 3 is 2.72 bits per heavy atom. The van der Waals surface area contributed by atoms with Crippen LogP contribution in [0.3, 0.4) is 0 Å². The molecule has 128 valence electrons. The maximum Gasteiger partial charge on any atom is 0.271 e. The molecule has 0 saturated carbocycles. The third kappa shape index (κ3) is 2.92.